The molecule has 0 radical (unpaired) electrons. The lowest BCUT2D eigenvalue weighted by Crippen LogP contribution is -2.57. The van der Waals surface area contributed by atoms with Crippen molar-refractivity contribution in [3.05, 3.63) is 101 Å². The first-order valence-corrected chi connectivity index (χ1v) is 18.1. The molecule has 2 heterocycles. The molecule has 3 amide bonds. The van der Waals surface area contributed by atoms with Gasteiger partial charge in [-0.2, -0.15) is 5.10 Å². The molecule has 3 aromatic carbocycles. The molecular formula is C42H47N5O4. The van der Waals surface area contributed by atoms with Gasteiger partial charge < -0.3 is 20.6 Å². The average Bonchev–Trinajstić information content (AvgIpc) is 3.52. The van der Waals surface area contributed by atoms with E-state index in [1.165, 1.54) is 6.42 Å². The number of piperidine rings is 1. The van der Waals surface area contributed by atoms with Crippen LogP contribution in [0.1, 0.15) is 80.0 Å². The molecule has 1 saturated carbocycles. The van der Waals surface area contributed by atoms with E-state index in [4.69, 9.17) is 0 Å². The quantitative estimate of drug-likeness (QED) is 0.174. The number of likely N-dealkylation sites (tertiary alicyclic amines) is 1. The normalized spacial score (nSPS) is 16.8. The van der Waals surface area contributed by atoms with Gasteiger partial charge in [0.05, 0.1) is 5.56 Å². The lowest BCUT2D eigenvalue weighted by Gasteiger charge is -2.37. The highest BCUT2D eigenvalue weighted by molar-refractivity contribution is 5.98. The number of nitrogens with zero attached hydrogens (tertiary/aromatic N) is 3. The monoisotopic (exact) mass is 685 g/mol. The first-order valence-electron chi connectivity index (χ1n) is 18.1. The minimum Gasteiger partial charge on any atom is -0.507 e. The Morgan fingerprint density at radius 3 is 2.43 bits per heavy atom. The lowest BCUT2D eigenvalue weighted by molar-refractivity contribution is -0.143. The van der Waals surface area contributed by atoms with Crippen molar-refractivity contribution in [1.82, 2.24) is 20.0 Å². The van der Waals surface area contributed by atoms with Crippen LogP contribution in [-0.2, 0) is 27.9 Å². The molecule has 51 heavy (non-hydrogen) atoms. The van der Waals surface area contributed by atoms with E-state index in [9.17, 15) is 19.5 Å². The Morgan fingerprint density at radius 1 is 0.922 bits per heavy atom. The summed E-state index contributed by atoms with van der Waals surface area (Å²) in [5.74, 6) is 6.31. The van der Waals surface area contributed by atoms with E-state index < -0.39 is 12.1 Å². The van der Waals surface area contributed by atoms with Crippen molar-refractivity contribution >= 4 is 23.4 Å². The third-order valence-corrected chi connectivity index (χ3v) is 9.93. The van der Waals surface area contributed by atoms with Crippen LogP contribution in [0.25, 0.3) is 11.3 Å². The number of carbonyl (C=O) groups excluding carboxylic acids is 3. The summed E-state index contributed by atoms with van der Waals surface area (Å²) in [5, 5.41) is 21.1. The fourth-order valence-electron chi connectivity index (χ4n) is 7.25. The van der Waals surface area contributed by atoms with Crippen LogP contribution in [0.2, 0.25) is 0 Å². The van der Waals surface area contributed by atoms with Gasteiger partial charge in [-0.25, -0.2) is 0 Å². The minimum absolute atomic E-state index is 0.0922. The summed E-state index contributed by atoms with van der Waals surface area (Å²) in [6, 6.07) is 21.0. The minimum atomic E-state index is -0.745. The van der Waals surface area contributed by atoms with Crippen molar-refractivity contribution in [2.45, 2.75) is 83.2 Å². The number of carbonyl (C=O) groups is 3. The number of phenols is 1. The van der Waals surface area contributed by atoms with Crippen molar-refractivity contribution in [2.75, 3.05) is 11.9 Å². The Balaban J connectivity index is 1.13. The van der Waals surface area contributed by atoms with Crippen LogP contribution < -0.4 is 10.6 Å². The Bertz CT molecular complexity index is 1900. The molecule has 2 fully saturated rings. The summed E-state index contributed by atoms with van der Waals surface area (Å²) in [4.78, 5) is 42.8. The maximum atomic E-state index is 14.2. The van der Waals surface area contributed by atoms with Gasteiger partial charge in [-0.1, -0.05) is 73.1 Å². The molecule has 4 aromatic rings. The van der Waals surface area contributed by atoms with E-state index >= 15 is 0 Å². The van der Waals surface area contributed by atoms with Crippen molar-refractivity contribution in [3.63, 3.8) is 0 Å². The van der Waals surface area contributed by atoms with Crippen molar-refractivity contribution in [3.8, 4) is 28.8 Å². The predicted octanol–water partition coefficient (Wildman–Crippen LogP) is 6.52. The smallest absolute Gasteiger partial charge is 0.247 e. The van der Waals surface area contributed by atoms with E-state index in [-0.39, 0.29) is 23.5 Å². The molecular weight excluding hydrogens is 638 g/mol. The molecule has 1 saturated heterocycles. The second kappa shape index (κ2) is 16.6. The first kappa shape index (κ1) is 35.5. The summed E-state index contributed by atoms with van der Waals surface area (Å²) < 4.78 is 1.67. The van der Waals surface area contributed by atoms with Crippen LogP contribution in [0.15, 0.2) is 79.0 Å². The molecule has 2 aliphatic rings. The highest BCUT2D eigenvalue weighted by Crippen LogP contribution is 2.31. The fraction of sp³-hybridized carbons (Fsp3) is 0.381. The number of amides is 3. The Kier molecular flexibility index (Phi) is 11.5. The van der Waals surface area contributed by atoms with Crippen LogP contribution in [0.5, 0.6) is 5.75 Å². The van der Waals surface area contributed by atoms with Gasteiger partial charge in [0.15, 0.2) is 0 Å². The Morgan fingerprint density at radius 2 is 1.67 bits per heavy atom. The van der Waals surface area contributed by atoms with E-state index in [2.05, 4.69) is 27.6 Å². The maximum Gasteiger partial charge on any atom is 0.247 e. The van der Waals surface area contributed by atoms with Crippen LogP contribution in [0.4, 0.5) is 5.69 Å². The van der Waals surface area contributed by atoms with Crippen LogP contribution >= 0.6 is 0 Å². The van der Waals surface area contributed by atoms with Gasteiger partial charge in [0.1, 0.15) is 23.5 Å². The largest absolute Gasteiger partial charge is 0.507 e. The highest BCUT2D eigenvalue weighted by Gasteiger charge is 2.36. The maximum absolute atomic E-state index is 14.2. The summed E-state index contributed by atoms with van der Waals surface area (Å²) in [6.45, 7) is 2.43. The third-order valence-electron chi connectivity index (χ3n) is 9.93. The van der Waals surface area contributed by atoms with Crippen LogP contribution in [-0.4, -0.2) is 56.1 Å². The van der Waals surface area contributed by atoms with Gasteiger partial charge in [0, 0.05) is 49.4 Å². The van der Waals surface area contributed by atoms with Gasteiger partial charge in [-0.05, 0) is 86.9 Å². The number of benzene rings is 3. The number of aryl methyl sites for hydroxylation is 2. The van der Waals surface area contributed by atoms with Gasteiger partial charge in [0.2, 0.25) is 17.7 Å². The molecule has 2 atom stereocenters. The highest BCUT2D eigenvalue weighted by atomic mass is 16.3. The Hall–Kier alpha value is -5.36. The van der Waals surface area contributed by atoms with E-state index in [0.29, 0.717) is 54.2 Å². The summed E-state index contributed by atoms with van der Waals surface area (Å²) in [6.07, 6.45) is 10.5. The van der Waals surface area contributed by atoms with Gasteiger partial charge >= 0.3 is 0 Å². The molecule has 3 N–H and O–H groups in total. The zero-order valence-electron chi connectivity index (χ0n) is 29.5. The molecule has 9 nitrogen and oxygen atoms in total. The second-order valence-corrected chi connectivity index (χ2v) is 14.0. The van der Waals surface area contributed by atoms with Gasteiger partial charge in [-0.15, -0.1) is 0 Å². The van der Waals surface area contributed by atoms with Gasteiger partial charge in [0.25, 0.3) is 0 Å². The molecule has 264 valence electrons. The molecule has 9 heteroatoms. The number of phenolic OH excluding ortho intramolecular Hbond substituents is 1. The lowest BCUT2D eigenvalue weighted by atomic mass is 9.86. The molecule has 0 spiro atoms. The second-order valence-electron chi connectivity index (χ2n) is 14.0. The number of hydrogen-bond donors (Lipinski definition) is 3. The predicted molar refractivity (Wildman–Crippen MR) is 199 cm³/mol. The molecule has 1 aliphatic heterocycles. The van der Waals surface area contributed by atoms with E-state index in [0.717, 1.165) is 55.2 Å². The van der Waals surface area contributed by atoms with E-state index in [1.807, 2.05) is 74.8 Å². The number of anilines is 1. The fourth-order valence-corrected chi connectivity index (χ4v) is 7.25. The number of rotatable bonds is 9. The standard InChI is InChI=1S/C42H47N5O4/c1-29-16-23-38(48)35(25-29)40-33(28-46(2)45-40)20-17-30-18-21-34(22-19-30)43-41(50)37-15-9-10-24-47(37)42(51)36(26-31-11-5-3-6-12-31)44-39(49)27-32-13-7-4-8-14-32/h3,5-6,11-12,16,18-19,21-23,25,28,32,36-37,48H,4,7-10,13-15,24,26-27H2,1-2H3,(H,43,50)(H,44,49). The molecule has 0 bridgehead atoms. The van der Waals surface area contributed by atoms with Gasteiger partial charge in [-0.3, -0.25) is 19.1 Å². The number of aromatic hydroxyl groups is 1. The zero-order chi connectivity index (χ0) is 35.7. The average molecular weight is 686 g/mol. The molecule has 1 aliphatic carbocycles. The molecule has 1 aromatic heterocycles. The summed E-state index contributed by atoms with van der Waals surface area (Å²) in [7, 11) is 1.82. The number of aromatic nitrogens is 2. The van der Waals surface area contributed by atoms with Crippen molar-refractivity contribution in [1.29, 1.82) is 0 Å². The Labute approximate surface area is 300 Å². The SMILES string of the molecule is Cc1ccc(O)c(-c2nn(C)cc2C#Cc2ccc(NC(=O)C3CCCCN3C(=O)C(Cc3ccccc3)NC(=O)CC3CCCCC3)cc2)c1. The van der Waals surface area contributed by atoms with E-state index in [1.54, 1.807) is 27.8 Å². The van der Waals surface area contributed by atoms with Crippen LogP contribution in [0.3, 0.4) is 0 Å². The summed E-state index contributed by atoms with van der Waals surface area (Å²) >= 11 is 0. The first-order chi connectivity index (χ1) is 24.7. The van der Waals surface area contributed by atoms with Crippen molar-refractivity contribution < 1.29 is 19.5 Å². The zero-order valence-corrected chi connectivity index (χ0v) is 29.5. The van der Waals surface area contributed by atoms with Crippen molar-refractivity contribution in [2.24, 2.45) is 13.0 Å². The molecule has 2 unspecified atom stereocenters. The third kappa shape index (κ3) is 9.26. The van der Waals surface area contributed by atoms with Crippen LogP contribution in [0, 0.1) is 24.7 Å². The summed E-state index contributed by atoms with van der Waals surface area (Å²) in [5.41, 5.74) is 5.25. The number of nitrogens with one attached hydrogen (secondary N) is 2. The topological polar surface area (TPSA) is 117 Å². The number of hydrogen-bond acceptors (Lipinski definition) is 5. The molecule has 6 rings (SSSR count).